The maximum atomic E-state index is 10.3. The molecule has 5 nitrogen and oxygen atoms in total. The lowest BCUT2D eigenvalue weighted by Gasteiger charge is -2.03. The number of unbranched alkanes of at least 4 members (excludes halogenated alkanes) is 14. The van der Waals surface area contributed by atoms with Crippen molar-refractivity contribution in [1.29, 1.82) is 0 Å². The fourth-order valence-corrected chi connectivity index (χ4v) is 2.65. The third kappa shape index (κ3) is 65.6. The van der Waals surface area contributed by atoms with Gasteiger partial charge >= 0.3 is 14.5 Å². The lowest BCUT2D eigenvalue weighted by molar-refractivity contribution is -0.137. The molecule has 3 N–H and O–H groups in total. The summed E-state index contributed by atoms with van der Waals surface area (Å²) in [6.07, 6.45) is 20.2. The van der Waals surface area contributed by atoms with Crippen molar-refractivity contribution < 1.29 is 24.0 Å². The highest BCUT2D eigenvalue weighted by Gasteiger charge is 2.08. The highest BCUT2D eigenvalue weighted by atomic mass is 28.4. The second-order valence-corrected chi connectivity index (χ2v) is 13.3. The summed E-state index contributed by atoms with van der Waals surface area (Å²) in [5.74, 6) is -0.653. The van der Waals surface area contributed by atoms with Crippen LogP contribution in [0, 0.1) is 0 Å². The molecule has 0 aliphatic heterocycles. The van der Waals surface area contributed by atoms with Crippen LogP contribution in [0.5, 0.6) is 0 Å². The van der Waals surface area contributed by atoms with Gasteiger partial charge in [0.15, 0.2) is 0 Å². The number of aliphatic carboxylic acids is 1. The van der Waals surface area contributed by atoms with Gasteiger partial charge in [-0.05, 0) is 32.6 Å². The number of carboxylic acid groups (broad SMARTS) is 1. The Morgan fingerprint density at radius 1 is 0.690 bits per heavy atom. The average Bonchev–Trinajstić information content (AvgIpc) is 2.56. The molecule has 0 rings (SSSR count). The molecule has 0 aliphatic rings. The van der Waals surface area contributed by atoms with Crippen LogP contribution in [-0.4, -0.2) is 37.9 Å². The summed E-state index contributed by atoms with van der Waals surface area (Å²) in [4.78, 5) is 26.8. The molecule has 0 amide bonds. The van der Waals surface area contributed by atoms with Crippen molar-refractivity contribution in [1.82, 2.24) is 0 Å². The zero-order valence-electron chi connectivity index (χ0n) is 20.0. The van der Waals surface area contributed by atoms with Crippen molar-refractivity contribution in [3.05, 3.63) is 0 Å². The molecule has 0 atom stereocenters. The van der Waals surface area contributed by atoms with E-state index in [2.05, 4.69) is 6.92 Å². The molecule has 7 heteroatoms. The molecular formula is C22H50O5Si2. The van der Waals surface area contributed by atoms with Crippen molar-refractivity contribution in [2.45, 2.75) is 136 Å². The first kappa shape index (κ1) is 33.3. The number of hydrogen-bond donors (Lipinski definition) is 3. The van der Waals surface area contributed by atoms with Crippen molar-refractivity contribution in [3.63, 3.8) is 0 Å². The van der Waals surface area contributed by atoms with Crippen LogP contribution in [0.1, 0.15) is 110 Å². The second kappa shape index (κ2) is 25.7. The molecule has 0 saturated carbocycles. The zero-order valence-corrected chi connectivity index (χ0v) is 22.0. The van der Waals surface area contributed by atoms with Crippen LogP contribution >= 0.6 is 0 Å². The lowest BCUT2D eigenvalue weighted by Crippen LogP contribution is -2.23. The van der Waals surface area contributed by atoms with Crippen molar-refractivity contribution in [2.24, 2.45) is 0 Å². The van der Waals surface area contributed by atoms with Gasteiger partial charge in [0.05, 0.1) is 0 Å². The molecule has 176 valence electrons. The highest BCUT2D eigenvalue weighted by molar-refractivity contribution is 6.61. The molecule has 0 aromatic carbocycles. The third-order valence-electron chi connectivity index (χ3n) is 3.99. The first-order valence-corrected chi connectivity index (χ1v) is 16.9. The first-order valence-electron chi connectivity index (χ1n) is 11.6. The Hall–Kier alpha value is -0.376. The number of carboxylic acids is 1. The largest absolute Gasteiger partial charge is 0.481 e. The van der Waals surface area contributed by atoms with E-state index in [1.807, 2.05) is 0 Å². The van der Waals surface area contributed by atoms with Gasteiger partial charge in [0.25, 0.3) is 8.68 Å². The Balaban J connectivity index is -0.000000623. The Bertz CT molecular complexity index is 348. The van der Waals surface area contributed by atoms with Crippen LogP contribution in [0.25, 0.3) is 0 Å². The van der Waals surface area contributed by atoms with Crippen LogP contribution < -0.4 is 0 Å². The summed E-state index contributed by atoms with van der Waals surface area (Å²) in [5.41, 5.74) is 0. The molecule has 0 saturated heterocycles. The predicted molar refractivity (Wildman–Crippen MR) is 127 cm³/mol. The van der Waals surface area contributed by atoms with Crippen molar-refractivity contribution in [3.8, 4) is 0 Å². The Kier molecular flexibility index (Phi) is 29.4. The van der Waals surface area contributed by atoms with E-state index in [1.165, 1.54) is 96.6 Å². The molecule has 0 heterocycles. The Morgan fingerprint density at radius 3 is 1.10 bits per heavy atom. The van der Waals surface area contributed by atoms with E-state index >= 15 is 0 Å². The predicted octanol–water partition coefficient (Wildman–Crippen LogP) is 6.67. The second-order valence-electron chi connectivity index (χ2n) is 8.50. The van der Waals surface area contributed by atoms with E-state index in [0.29, 0.717) is 6.42 Å². The van der Waals surface area contributed by atoms with Crippen LogP contribution in [0.3, 0.4) is 0 Å². The smallest absolute Gasteiger partial charge is 0.326 e. The summed E-state index contributed by atoms with van der Waals surface area (Å²) in [5, 5.41) is 8.52. The minimum Gasteiger partial charge on any atom is -0.481 e. The molecule has 0 bridgehead atoms. The topological polar surface area (TPSA) is 94.8 Å². The molecule has 0 aliphatic carbocycles. The summed E-state index contributed by atoms with van der Waals surface area (Å²) >= 11 is 0. The van der Waals surface area contributed by atoms with E-state index in [0.717, 1.165) is 12.8 Å². The van der Waals surface area contributed by atoms with Gasteiger partial charge in [-0.25, -0.2) is 0 Å². The lowest BCUT2D eigenvalue weighted by atomic mass is 10.0. The van der Waals surface area contributed by atoms with Gasteiger partial charge in [-0.1, -0.05) is 96.8 Å². The van der Waals surface area contributed by atoms with Crippen molar-refractivity contribution >= 4 is 23.2 Å². The first-order chi connectivity index (χ1) is 13.5. The van der Waals surface area contributed by atoms with Gasteiger partial charge < -0.3 is 19.2 Å². The summed E-state index contributed by atoms with van der Waals surface area (Å²) in [6, 6.07) is 0. The molecule has 0 radical (unpaired) electrons. The summed E-state index contributed by atoms with van der Waals surface area (Å²) in [6.45, 7) is 8.57. The van der Waals surface area contributed by atoms with Gasteiger partial charge in [0.2, 0.25) is 0 Å². The minimum absolute atomic E-state index is 0.345. The van der Waals surface area contributed by atoms with E-state index in [9.17, 15) is 9.26 Å². The summed E-state index contributed by atoms with van der Waals surface area (Å²) < 4.78 is 9.63. The quantitative estimate of drug-likeness (QED) is 0.180. The molecule has 0 aromatic rings. The zero-order chi connectivity index (χ0) is 23.0. The molecule has 0 unspecified atom stereocenters. The van der Waals surface area contributed by atoms with Gasteiger partial charge in [-0.2, -0.15) is 0 Å². The number of rotatable bonds is 16. The Morgan fingerprint density at radius 2 is 0.897 bits per heavy atom. The van der Waals surface area contributed by atoms with E-state index in [1.54, 1.807) is 13.1 Å². The molecule has 29 heavy (non-hydrogen) atoms. The van der Waals surface area contributed by atoms with Gasteiger partial charge in [-0.3, -0.25) is 4.79 Å². The van der Waals surface area contributed by atoms with Gasteiger partial charge in [0.1, 0.15) is 0 Å². The van der Waals surface area contributed by atoms with Crippen molar-refractivity contribution in [2.75, 3.05) is 0 Å². The molecule has 0 fully saturated rings. The monoisotopic (exact) mass is 450 g/mol. The minimum atomic E-state index is -2.61. The van der Waals surface area contributed by atoms with E-state index in [4.69, 9.17) is 14.7 Å². The average molecular weight is 451 g/mol. The van der Waals surface area contributed by atoms with E-state index in [-0.39, 0.29) is 0 Å². The number of carbonyl (C=O) groups is 1. The van der Waals surface area contributed by atoms with E-state index < -0.39 is 23.2 Å². The maximum Gasteiger partial charge on any atom is 0.326 e. The molecule has 0 aromatic heterocycles. The standard InChI is InChI=1S/C18H36O2.C2H8O2Si.C2H6OSi/c1-2-3-4-5-6-7-8-9-10-11-12-13-14-15-16-17-18(19)20;1-5(2,3)4;1-4(2)3/h2-17H2,1H3,(H,19,20);3-4H,1-2H3;1-2H3. The van der Waals surface area contributed by atoms with Crippen LogP contribution in [0.15, 0.2) is 0 Å². The molecular weight excluding hydrogens is 400 g/mol. The molecule has 0 spiro atoms. The van der Waals surface area contributed by atoms with Crippen LogP contribution in [0.2, 0.25) is 26.2 Å². The van der Waals surface area contributed by atoms with Crippen LogP contribution in [0.4, 0.5) is 0 Å². The Labute approximate surface area is 183 Å². The SMILES string of the molecule is CCCCCCCCCCCCCCCCCC(=O)O.C[Si](C)(O)O.C[Si](C)=O. The van der Waals surface area contributed by atoms with Gasteiger partial charge in [0, 0.05) is 6.42 Å². The third-order valence-corrected chi connectivity index (χ3v) is 3.99. The fourth-order valence-electron chi connectivity index (χ4n) is 2.65. The number of hydrogen-bond acceptors (Lipinski definition) is 4. The summed E-state index contributed by atoms with van der Waals surface area (Å²) in [7, 11) is -3.74. The normalized spacial score (nSPS) is 10.4. The highest BCUT2D eigenvalue weighted by Crippen LogP contribution is 2.13. The van der Waals surface area contributed by atoms with Crippen LogP contribution in [-0.2, 0) is 9.26 Å². The maximum absolute atomic E-state index is 10.3. The fraction of sp³-hybridized carbons (Fsp3) is 0.955. The van der Waals surface area contributed by atoms with Gasteiger partial charge in [-0.15, -0.1) is 0 Å².